The van der Waals surface area contributed by atoms with Gasteiger partial charge in [0.15, 0.2) is 0 Å². The first-order chi connectivity index (χ1) is 12.9. The van der Waals surface area contributed by atoms with Gasteiger partial charge in [0.05, 0.1) is 5.92 Å². The molecule has 1 rings (SSSR count). The zero-order valence-electron chi connectivity index (χ0n) is 18.5. The molecule has 0 spiro atoms. The van der Waals surface area contributed by atoms with E-state index in [1.54, 1.807) is 21.3 Å². The summed E-state index contributed by atoms with van der Waals surface area (Å²) in [4.78, 5) is 13.1. The molecule has 0 bridgehead atoms. The quantitative estimate of drug-likeness (QED) is 0.347. The van der Waals surface area contributed by atoms with Crippen LogP contribution < -0.4 is 0 Å². The van der Waals surface area contributed by atoms with Crippen LogP contribution in [0.3, 0.4) is 0 Å². The van der Waals surface area contributed by atoms with Crippen LogP contribution in [0, 0.1) is 5.92 Å². The van der Waals surface area contributed by atoms with Crippen LogP contribution in [0.25, 0.3) is 0 Å². The summed E-state index contributed by atoms with van der Waals surface area (Å²) in [5.74, 6) is -0.336. The molecule has 27 heavy (non-hydrogen) atoms. The van der Waals surface area contributed by atoms with E-state index in [4.69, 9.17) is 17.7 Å². The van der Waals surface area contributed by atoms with Crippen LogP contribution in [-0.4, -0.2) is 44.4 Å². The smallest absolute Gasteiger partial charge is 0.501 e. The second-order valence-electron chi connectivity index (χ2n) is 8.07. The molecular formula is C20H42O5Si2. The molecule has 160 valence electrons. The maximum absolute atomic E-state index is 13.1. The SMILES string of the molecule is CCCC[Si](CCCC)(OC(=O)C(C)C[Si](OC)(OC)OC)C1CCCC1. The summed E-state index contributed by atoms with van der Waals surface area (Å²) >= 11 is 0. The van der Waals surface area contributed by atoms with Gasteiger partial charge >= 0.3 is 8.80 Å². The summed E-state index contributed by atoms with van der Waals surface area (Å²) in [5, 5.41) is 0. The third-order valence-corrected chi connectivity index (χ3v) is 14.3. The molecule has 0 saturated heterocycles. The number of rotatable bonds is 14. The highest BCUT2D eigenvalue weighted by molar-refractivity contribution is 6.76. The van der Waals surface area contributed by atoms with Crippen LogP contribution in [0.5, 0.6) is 0 Å². The molecule has 0 heterocycles. The second-order valence-corrected chi connectivity index (χ2v) is 15.2. The number of unbranched alkanes of at least 4 members (excludes halogenated alkanes) is 2. The minimum Gasteiger partial charge on any atom is -0.519 e. The van der Waals surface area contributed by atoms with Gasteiger partial charge in [-0.15, -0.1) is 0 Å². The van der Waals surface area contributed by atoms with Gasteiger partial charge in [-0.3, -0.25) is 4.79 Å². The van der Waals surface area contributed by atoms with Crippen molar-refractivity contribution in [3.63, 3.8) is 0 Å². The molecule has 0 amide bonds. The molecule has 0 aromatic heterocycles. The van der Waals surface area contributed by atoms with Gasteiger partial charge in [-0.1, -0.05) is 59.3 Å². The van der Waals surface area contributed by atoms with Gasteiger partial charge in [0, 0.05) is 27.4 Å². The molecule has 1 aliphatic rings. The Morgan fingerprint density at radius 1 is 0.963 bits per heavy atom. The van der Waals surface area contributed by atoms with Gasteiger partial charge in [-0.25, -0.2) is 0 Å². The highest BCUT2D eigenvalue weighted by Crippen LogP contribution is 2.45. The molecule has 1 unspecified atom stereocenters. The Hall–Kier alpha value is -0.216. The molecule has 0 aliphatic heterocycles. The highest BCUT2D eigenvalue weighted by Gasteiger charge is 2.48. The Labute approximate surface area is 169 Å². The van der Waals surface area contributed by atoms with Gasteiger partial charge in [0.2, 0.25) is 0 Å². The molecule has 7 heteroatoms. The highest BCUT2D eigenvalue weighted by atomic mass is 28.4. The summed E-state index contributed by atoms with van der Waals surface area (Å²) in [7, 11) is -0.0952. The molecule has 1 atom stereocenters. The Morgan fingerprint density at radius 3 is 1.85 bits per heavy atom. The van der Waals surface area contributed by atoms with Gasteiger partial charge in [-0.2, -0.15) is 0 Å². The van der Waals surface area contributed by atoms with Gasteiger partial charge in [-0.05, 0) is 30.5 Å². The summed E-state index contributed by atoms with van der Waals surface area (Å²) in [6.45, 7) is 6.39. The summed E-state index contributed by atoms with van der Waals surface area (Å²) in [6.07, 6.45) is 9.72. The van der Waals surface area contributed by atoms with Crippen LogP contribution in [-0.2, 0) is 22.5 Å². The molecule has 1 aliphatic carbocycles. The molecule has 1 saturated carbocycles. The fourth-order valence-electron chi connectivity index (χ4n) is 4.38. The Morgan fingerprint density at radius 2 is 1.44 bits per heavy atom. The standard InChI is InChI=1S/C20H42O5Si2/c1-7-9-15-26(16-10-8-2,19-13-11-12-14-19)25-20(21)18(3)17-27(22-4,23-5)24-6/h18-19H,7-17H2,1-6H3. The van der Waals surface area contributed by atoms with E-state index in [1.165, 1.54) is 38.5 Å². The van der Waals surface area contributed by atoms with E-state index >= 15 is 0 Å². The molecule has 0 aromatic carbocycles. The number of hydrogen-bond acceptors (Lipinski definition) is 5. The fourth-order valence-corrected chi connectivity index (χ4v) is 11.7. The fraction of sp³-hybridized carbons (Fsp3) is 0.950. The van der Waals surface area contributed by atoms with Crippen LogP contribution >= 0.6 is 0 Å². The molecular weight excluding hydrogens is 376 g/mol. The predicted octanol–water partition coefficient (Wildman–Crippen LogP) is 5.53. The third-order valence-electron chi connectivity index (χ3n) is 6.20. The van der Waals surface area contributed by atoms with E-state index in [1.807, 2.05) is 6.92 Å². The van der Waals surface area contributed by atoms with Gasteiger partial charge < -0.3 is 17.7 Å². The molecule has 0 radical (unpaired) electrons. The Kier molecular flexibility index (Phi) is 11.4. The third kappa shape index (κ3) is 6.96. The number of carbonyl (C=O) groups is 1. The lowest BCUT2D eigenvalue weighted by Gasteiger charge is -2.38. The van der Waals surface area contributed by atoms with Crippen molar-refractivity contribution in [2.45, 2.75) is 95.8 Å². The maximum atomic E-state index is 13.1. The zero-order chi connectivity index (χ0) is 20.3. The van der Waals surface area contributed by atoms with Crippen molar-refractivity contribution in [1.29, 1.82) is 0 Å². The summed E-state index contributed by atoms with van der Waals surface area (Å²) in [5.41, 5.74) is 0.640. The molecule has 1 fully saturated rings. The lowest BCUT2D eigenvalue weighted by Crippen LogP contribution is -2.48. The lowest BCUT2D eigenvalue weighted by atomic mass is 10.2. The topological polar surface area (TPSA) is 54.0 Å². The summed E-state index contributed by atoms with van der Waals surface area (Å²) in [6, 6.07) is 2.70. The maximum Gasteiger partial charge on any atom is 0.501 e. The van der Waals surface area contributed by atoms with E-state index in [2.05, 4.69) is 13.8 Å². The van der Waals surface area contributed by atoms with E-state index in [-0.39, 0.29) is 11.9 Å². The van der Waals surface area contributed by atoms with Crippen molar-refractivity contribution < 1.29 is 22.5 Å². The van der Waals surface area contributed by atoms with E-state index < -0.39 is 17.1 Å². The van der Waals surface area contributed by atoms with E-state index in [9.17, 15) is 4.79 Å². The first kappa shape index (κ1) is 24.8. The average Bonchev–Trinajstić information content (AvgIpc) is 3.23. The van der Waals surface area contributed by atoms with Crippen molar-refractivity contribution in [1.82, 2.24) is 0 Å². The van der Waals surface area contributed by atoms with E-state index in [0.717, 1.165) is 24.9 Å². The minimum atomic E-state index is -2.79. The normalized spacial score (nSPS) is 17.3. The van der Waals surface area contributed by atoms with E-state index in [0.29, 0.717) is 11.6 Å². The van der Waals surface area contributed by atoms with Crippen molar-refractivity contribution in [2.24, 2.45) is 5.92 Å². The second kappa shape index (κ2) is 12.4. The van der Waals surface area contributed by atoms with Gasteiger partial charge in [0.1, 0.15) is 0 Å². The zero-order valence-corrected chi connectivity index (χ0v) is 20.5. The number of carbonyl (C=O) groups excluding carboxylic acids is 1. The van der Waals surface area contributed by atoms with Crippen LogP contribution in [0.1, 0.15) is 72.1 Å². The van der Waals surface area contributed by atoms with Crippen molar-refractivity contribution in [2.75, 3.05) is 21.3 Å². The van der Waals surface area contributed by atoms with Crippen molar-refractivity contribution in [3.05, 3.63) is 0 Å². The summed E-state index contributed by atoms with van der Waals surface area (Å²) < 4.78 is 23.1. The van der Waals surface area contributed by atoms with Gasteiger partial charge in [0.25, 0.3) is 14.3 Å². The van der Waals surface area contributed by atoms with Crippen LogP contribution in [0.4, 0.5) is 0 Å². The Balaban J connectivity index is 2.95. The van der Waals surface area contributed by atoms with Crippen molar-refractivity contribution in [3.8, 4) is 0 Å². The van der Waals surface area contributed by atoms with Crippen LogP contribution in [0.15, 0.2) is 0 Å². The average molecular weight is 419 g/mol. The van der Waals surface area contributed by atoms with Crippen LogP contribution in [0.2, 0.25) is 23.7 Å². The monoisotopic (exact) mass is 418 g/mol. The van der Waals surface area contributed by atoms with Crippen molar-refractivity contribution >= 4 is 23.1 Å². The minimum absolute atomic E-state index is 0.0659. The molecule has 5 nitrogen and oxygen atoms in total. The predicted molar refractivity (Wildman–Crippen MR) is 114 cm³/mol. The number of hydrogen-bond donors (Lipinski definition) is 0. The first-order valence-corrected chi connectivity index (χ1v) is 15.1. The first-order valence-electron chi connectivity index (χ1n) is 10.8. The molecule has 0 N–H and O–H groups in total. The largest absolute Gasteiger partial charge is 0.519 e. The molecule has 0 aromatic rings. The lowest BCUT2D eigenvalue weighted by molar-refractivity contribution is -0.139. The Bertz CT molecular complexity index is 406.